The number of nitrogens with one attached hydrogen (secondary N) is 1. The van der Waals surface area contributed by atoms with Crippen LogP contribution < -0.4 is 20.5 Å². The summed E-state index contributed by atoms with van der Waals surface area (Å²) in [6, 6.07) is 10.4. The third-order valence-corrected chi connectivity index (χ3v) is 6.20. The van der Waals surface area contributed by atoms with Crippen LogP contribution in [0.2, 0.25) is 0 Å². The SMILES string of the molecule is COc1cc(C(=O)NCC(O)(c2cc(C(C)(C)N)cc(-c3ccc(F)c(C)c3)n2)C(F)(F)F)ccc1OCCO. The number of alkyl halides is 3. The van der Waals surface area contributed by atoms with Crippen molar-refractivity contribution in [1.29, 1.82) is 0 Å². The number of methoxy groups -OCH3 is 1. The number of hydrogen-bond donors (Lipinski definition) is 4. The highest BCUT2D eigenvalue weighted by atomic mass is 19.4. The third kappa shape index (κ3) is 6.69. The highest BCUT2D eigenvalue weighted by Gasteiger charge is 2.56. The van der Waals surface area contributed by atoms with Crippen molar-refractivity contribution >= 4 is 5.91 Å². The summed E-state index contributed by atoms with van der Waals surface area (Å²) in [5.41, 5.74) is 1.42. The number of amides is 1. The van der Waals surface area contributed by atoms with Crippen LogP contribution in [-0.2, 0) is 11.1 Å². The van der Waals surface area contributed by atoms with Gasteiger partial charge in [-0.15, -0.1) is 0 Å². The van der Waals surface area contributed by atoms with Crippen molar-refractivity contribution in [3.8, 4) is 22.8 Å². The molecule has 216 valence electrons. The second-order valence-corrected chi connectivity index (χ2v) is 9.79. The van der Waals surface area contributed by atoms with Gasteiger partial charge in [0.15, 0.2) is 11.5 Å². The number of aromatic nitrogens is 1. The van der Waals surface area contributed by atoms with Gasteiger partial charge in [-0.3, -0.25) is 4.79 Å². The normalized spacial score (nSPS) is 13.5. The maximum atomic E-state index is 14.4. The lowest BCUT2D eigenvalue weighted by atomic mass is 9.89. The minimum absolute atomic E-state index is 0.0336. The van der Waals surface area contributed by atoms with Crippen LogP contribution in [-0.4, -0.2) is 54.1 Å². The van der Waals surface area contributed by atoms with Gasteiger partial charge < -0.3 is 30.7 Å². The zero-order valence-corrected chi connectivity index (χ0v) is 22.4. The van der Waals surface area contributed by atoms with Crippen molar-refractivity contribution in [1.82, 2.24) is 10.3 Å². The summed E-state index contributed by atoms with van der Waals surface area (Å²) in [4.78, 5) is 16.9. The molecule has 0 aliphatic rings. The zero-order valence-electron chi connectivity index (χ0n) is 22.4. The first-order valence-corrected chi connectivity index (χ1v) is 12.2. The molecule has 0 fully saturated rings. The Morgan fingerprint density at radius 3 is 2.35 bits per heavy atom. The number of halogens is 4. The molecule has 3 rings (SSSR count). The van der Waals surface area contributed by atoms with Crippen molar-refractivity contribution in [2.45, 2.75) is 38.1 Å². The number of ether oxygens (including phenoxy) is 2. The molecule has 8 nitrogen and oxygen atoms in total. The average Bonchev–Trinajstić information content (AvgIpc) is 2.90. The maximum absolute atomic E-state index is 14.4. The number of aryl methyl sites for hydroxylation is 1. The molecular weight excluding hydrogens is 534 g/mol. The van der Waals surface area contributed by atoms with Crippen molar-refractivity contribution in [2.24, 2.45) is 5.73 Å². The smallest absolute Gasteiger partial charge is 0.424 e. The molecule has 1 unspecified atom stereocenters. The van der Waals surface area contributed by atoms with Gasteiger partial charge in [0, 0.05) is 16.7 Å². The largest absolute Gasteiger partial charge is 0.493 e. The lowest BCUT2D eigenvalue weighted by Gasteiger charge is -2.32. The van der Waals surface area contributed by atoms with Crippen molar-refractivity contribution in [2.75, 3.05) is 26.9 Å². The highest BCUT2D eigenvalue weighted by Crippen LogP contribution is 2.40. The minimum Gasteiger partial charge on any atom is -0.493 e. The monoisotopic (exact) mass is 565 g/mol. The van der Waals surface area contributed by atoms with Gasteiger partial charge in [0.1, 0.15) is 12.4 Å². The van der Waals surface area contributed by atoms with Gasteiger partial charge in [-0.25, -0.2) is 9.37 Å². The number of carbonyl (C=O) groups is 1. The van der Waals surface area contributed by atoms with Crippen LogP contribution in [0.3, 0.4) is 0 Å². The number of rotatable bonds is 10. The van der Waals surface area contributed by atoms with Crippen LogP contribution in [0.4, 0.5) is 17.6 Å². The molecule has 0 aliphatic carbocycles. The molecule has 3 aromatic rings. The molecule has 0 saturated carbocycles. The van der Waals surface area contributed by atoms with Gasteiger partial charge in [0.05, 0.1) is 31.6 Å². The van der Waals surface area contributed by atoms with Crippen LogP contribution in [0.15, 0.2) is 48.5 Å². The Balaban J connectivity index is 2.02. The first-order chi connectivity index (χ1) is 18.6. The Labute approximate surface area is 228 Å². The lowest BCUT2D eigenvalue weighted by molar-refractivity contribution is -0.265. The van der Waals surface area contributed by atoms with Gasteiger partial charge in [-0.1, -0.05) is 0 Å². The number of carbonyl (C=O) groups excluding carboxylic acids is 1. The average molecular weight is 566 g/mol. The molecule has 2 aromatic carbocycles. The summed E-state index contributed by atoms with van der Waals surface area (Å²) in [5.74, 6) is -1.10. The molecule has 0 aliphatic heterocycles. The predicted octanol–water partition coefficient (Wildman–Crippen LogP) is 3.95. The van der Waals surface area contributed by atoms with E-state index < -0.39 is 41.3 Å². The quantitative estimate of drug-likeness (QED) is 0.274. The first-order valence-electron chi connectivity index (χ1n) is 12.2. The minimum atomic E-state index is -5.26. The fraction of sp³-hybridized carbons (Fsp3) is 0.357. The van der Waals surface area contributed by atoms with E-state index in [0.717, 1.165) is 12.1 Å². The molecular formula is C28H31F4N3O5. The Morgan fingerprint density at radius 2 is 1.77 bits per heavy atom. The molecule has 0 saturated heterocycles. The number of nitrogens with zero attached hydrogens (tertiary/aromatic N) is 1. The molecule has 12 heteroatoms. The summed E-state index contributed by atoms with van der Waals surface area (Å²) in [7, 11) is 1.31. The topological polar surface area (TPSA) is 127 Å². The predicted molar refractivity (Wildman–Crippen MR) is 139 cm³/mol. The number of aliphatic hydroxyl groups excluding tert-OH is 1. The number of aliphatic hydroxyl groups is 2. The molecule has 5 N–H and O–H groups in total. The van der Waals surface area contributed by atoms with Gasteiger partial charge in [-0.05, 0) is 80.4 Å². The van der Waals surface area contributed by atoms with E-state index in [1.165, 1.54) is 50.4 Å². The van der Waals surface area contributed by atoms with E-state index >= 15 is 0 Å². The van der Waals surface area contributed by atoms with E-state index in [1.54, 1.807) is 13.8 Å². The van der Waals surface area contributed by atoms with E-state index in [-0.39, 0.29) is 47.1 Å². The van der Waals surface area contributed by atoms with Crippen LogP contribution in [0.5, 0.6) is 11.5 Å². The zero-order chi connectivity index (χ0) is 29.9. The summed E-state index contributed by atoms with van der Waals surface area (Å²) in [6.07, 6.45) is -5.26. The van der Waals surface area contributed by atoms with E-state index in [1.807, 2.05) is 0 Å². The number of pyridine rings is 1. The van der Waals surface area contributed by atoms with Gasteiger partial charge in [0.25, 0.3) is 5.91 Å². The van der Waals surface area contributed by atoms with Crippen molar-refractivity contribution < 1.29 is 42.0 Å². The van der Waals surface area contributed by atoms with Crippen LogP contribution in [0, 0.1) is 12.7 Å². The van der Waals surface area contributed by atoms with Crippen LogP contribution >= 0.6 is 0 Å². The fourth-order valence-corrected chi connectivity index (χ4v) is 3.80. The van der Waals surface area contributed by atoms with E-state index in [2.05, 4.69) is 10.3 Å². The fourth-order valence-electron chi connectivity index (χ4n) is 3.80. The molecule has 1 aromatic heterocycles. The Bertz CT molecular complexity index is 1380. The van der Waals surface area contributed by atoms with Crippen molar-refractivity contribution in [3.05, 3.63) is 76.7 Å². The van der Waals surface area contributed by atoms with Crippen LogP contribution in [0.25, 0.3) is 11.3 Å². The standard InChI is InChI=1S/C28H31F4N3O5/c1-16-11-17(5-7-20(16)29)21-13-19(26(2,3)33)14-24(35-21)27(38,28(30,31)32)15-34-25(37)18-6-8-22(40-10-9-36)23(12-18)39-4/h5-8,11-14,36,38H,9-10,15,33H2,1-4H3,(H,34,37). The molecule has 40 heavy (non-hydrogen) atoms. The van der Waals surface area contributed by atoms with Gasteiger partial charge in [0.2, 0.25) is 5.60 Å². The molecule has 1 amide bonds. The number of benzene rings is 2. The summed E-state index contributed by atoms with van der Waals surface area (Å²) in [6.45, 7) is 3.07. The van der Waals surface area contributed by atoms with Gasteiger partial charge in [-0.2, -0.15) is 13.2 Å². The molecule has 0 bridgehead atoms. The maximum Gasteiger partial charge on any atom is 0.424 e. The third-order valence-electron chi connectivity index (χ3n) is 6.20. The van der Waals surface area contributed by atoms with Gasteiger partial charge >= 0.3 is 6.18 Å². The molecule has 1 atom stereocenters. The molecule has 0 spiro atoms. The summed E-state index contributed by atoms with van der Waals surface area (Å²) >= 11 is 0. The number of hydrogen-bond acceptors (Lipinski definition) is 7. The molecule has 1 heterocycles. The first kappa shape index (κ1) is 30.8. The summed E-state index contributed by atoms with van der Waals surface area (Å²) < 4.78 is 67.6. The van der Waals surface area contributed by atoms with E-state index in [4.69, 9.17) is 20.3 Å². The Kier molecular flexibility index (Phi) is 9.07. The van der Waals surface area contributed by atoms with Crippen LogP contribution in [0.1, 0.15) is 41.0 Å². The lowest BCUT2D eigenvalue weighted by Crippen LogP contribution is -2.51. The van der Waals surface area contributed by atoms with E-state index in [9.17, 15) is 27.5 Å². The van der Waals surface area contributed by atoms with Crippen molar-refractivity contribution in [3.63, 3.8) is 0 Å². The second-order valence-electron chi connectivity index (χ2n) is 9.79. The molecule has 0 radical (unpaired) electrons. The highest BCUT2D eigenvalue weighted by molar-refractivity contribution is 5.95. The number of nitrogens with two attached hydrogens (primary N) is 1. The Morgan fingerprint density at radius 1 is 1.07 bits per heavy atom. The second kappa shape index (κ2) is 11.8. The Hall–Kier alpha value is -3.74. The summed E-state index contributed by atoms with van der Waals surface area (Å²) in [5, 5.41) is 22.1. The van der Waals surface area contributed by atoms with E-state index in [0.29, 0.717) is 5.56 Å².